The topological polar surface area (TPSA) is 41.6 Å². The van der Waals surface area contributed by atoms with Crippen molar-refractivity contribution in [3.8, 4) is 0 Å². The Hall–Kier alpha value is -0.770. The summed E-state index contributed by atoms with van der Waals surface area (Å²) in [7, 11) is 1.78. The SMILES string of the molecule is CC(NCCN(C)C(=O)OC(C)(C)C)C1(C)CC1. The minimum absolute atomic E-state index is 0.255. The van der Waals surface area contributed by atoms with E-state index in [1.165, 1.54) is 12.8 Å². The minimum atomic E-state index is -0.423. The lowest BCUT2D eigenvalue weighted by Crippen LogP contribution is -2.41. The fourth-order valence-electron chi connectivity index (χ4n) is 1.76. The van der Waals surface area contributed by atoms with Crippen LogP contribution < -0.4 is 5.32 Å². The number of hydrogen-bond acceptors (Lipinski definition) is 3. The Labute approximate surface area is 111 Å². The van der Waals surface area contributed by atoms with Crippen molar-refractivity contribution in [1.29, 1.82) is 0 Å². The van der Waals surface area contributed by atoms with Crippen molar-refractivity contribution < 1.29 is 9.53 Å². The first-order valence-electron chi connectivity index (χ1n) is 6.81. The molecule has 0 aromatic carbocycles. The smallest absolute Gasteiger partial charge is 0.410 e. The largest absolute Gasteiger partial charge is 0.444 e. The van der Waals surface area contributed by atoms with E-state index < -0.39 is 5.60 Å². The maximum Gasteiger partial charge on any atom is 0.410 e. The van der Waals surface area contributed by atoms with Crippen molar-refractivity contribution in [3.05, 3.63) is 0 Å². The van der Waals surface area contributed by atoms with Gasteiger partial charge in [0.25, 0.3) is 0 Å². The summed E-state index contributed by atoms with van der Waals surface area (Å²) < 4.78 is 5.30. The summed E-state index contributed by atoms with van der Waals surface area (Å²) in [6.07, 6.45) is 2.36. The molecule has 1 saturated carbocycles. The van der Waals surface area contributed by atoms with Crippen LogP contribution in [0.25, 0.3) is 0 Å². The molecule has 4 nitrogen and oxygen atoms in total. The zero-order chi connectivity index (χ0) is 14.0. The summed E-state index contributed by atoms with van der Waals surface area (Å²) in [5, 5.41) is 3.48. The number of carbonyl (C=O) groups excluding carboxylic acids is 1. The number of amides is 1. The van der Waals surface area contributed by atoms with Crippen LogP contribution in [0, 0.1) is 5.41 Å². The van der Waals surface area contributed by atoms with Gasteiger partial charge in [-0.15, -0.1) is 0 Å². The number of ether oxygens (including phenoxy) is 1. The third-order valence-corrected chi connectivity index (χ3v) is 3.69. The van der Waals surface area contributed by atoms with Gasteiger partial charge in [-0.05, 0) is 46.0 Å². The maximum absolute atomic E-state index is 11.7. The van der Waals surface area contributed by atoms with E-state index in [0.29, 0.717) is 18.0 Å². The molecular weight excluding hydrogens is 228 g/mol. The van der Waals surface area contributed by atoms with Gasteiger partial charge < -0.3 is 15.0 Å². The molecule has 0 heterocycles. The van der Waals surface area contributed by atoms with Crippen LogP contribution in [-0.4, -0.2) is 42.8 Å². The Morgan fingerprint density at radius 2 is 2.00 bits per heavy atom. The second kappa shape index (κ2) is 5.47. The van der Waals surface area contributed by atoms with Gasteiger partial charge >= 0.3 is 6.09 Å². The molecule has 4 heteroatoms. The van der Waals surface area contributed by atoms with Gasteiger partial charge in [-0.3, -0.25) is 0 Å². The number of carbonyl (C=O) groups is 1. The first-order chi connectivity index (χ1) is 8.14. The molecule has 18 heavy (non-hydrogen) atoms. The highest BCUT2D eigenvalue weighted by Gasteiger charge is 2.42. The fourth-order valence-corrected chi connectivity index (χ4v) is 1.76. The molecular formula is C14H28N2O2. The minimum Gasteiger partial charge on any atom is -0.444 e. The Balaban J connectivity index is 2.20. The van der Waals surface area contributed by atoms with E-state index in [0.717, 1.165) is 6.54 Å². The summed E-state index contributed by atoms with van der Waals surface area (Å²) in [4.78, 5) is 13.3. The van der Waals surface area contributed by atoms with Crippen LogP contribution in [0.3, 0.4) is 0 Å². The van der Waals surface area contributed by atoms with Gasteiger partial charge in [-0.1, -0.05) is 6.92 Å². The maximum atomic E-state index is 11.7. The second-order valence-corrected chi connectivity index (χ2v) is 6.73. The summed E-state index contributed by atoms with van der Waals surface area (Å²) in [5.41, 5.74) is 0.0536. The van der Waals surface area contributed by atoms with Crippen LogP contribution >= 0.6 is 0 Å². The average Bonchev–Trinajstić information content (AvgIpc) is 2.95. The predicted molar refractivity (Wildman–Crippen MR) is 73.7 cm³/mol. The molecule has 1 fully saturated rings. The molecule has 1 amide bonds. The standard InChI is InChI=1S/C14H28N2O2/c1-11(14(5)7-8-14)15-9-10-16(6)12(17)18-13(2,3)4/h11,15H,7-10H2,1-6H3. The zero-order valence-corrected chi connectivity index (χ0v) is 12.7. The van der Waals surface area contributed by atoms with Crippen LogP contribution in [0.4, 0.5) is 4.79 Å². The number of nitrogens with zero attached hydrogens (tertiary/aromatic N) is 1. The molecule has 1 atom stereocenters. The fraction of sp³-hybridized carbons (Fsp3) is 0.929. The van der Waals surface area contributed by atoms with Crippen LogP contribution in [0.15, 0.2) is 0 Å². The number of nitrogens with one attached hydrogen (secondary N) is 1. The van der Waals surface area contributed by atoms with Crippen molar-refractivity contribution in [2.75, 3.05) is 20.1 Å². The highest BCUT2D eigenvalue weighted by atomic mass is 16.6. The number of rotatable bonds is 5. The summed E-state index contributed by atoms with van der Waals surface area (Å²) >= 11 is 0. The average molecular weight is 256 g/mol. The highest BCUT2D eigenvalue weighted by Crippen LogP contribution is 2.47. The summed E-state index contributed by atoms with van der Waals surface area (Å²) in [6.45, 7) is 11.7. The van der Waals surface area contributed by atoms with E-state index in [1.54, 1.807) is 11.9 Å². The third kappa shape index (κ3) is 4.84. The second-order valence-electron chi connectivity index (χ2n) is 6.73. The van der Waals surface area contributed by atoms with Crippen LogP contribution in [0.5, 0.6) is 0 Å². The lowest BCUT2D eigenvalue weighted by atomic mass is 10.0. The summed E-state index contributed by atoms with van der Waals surface area (Å²) in [5.74, 6) is 0. The van der Waals surface area contributed by atoms with Crippen molar-refractivity contribution in [3.63, 3.8) is 0 Å². The van der Waals surface area contributed by atoms with Crippen molar-refractivity contribution >= 4 is 6.09 Å². The molecule has 0 spiro atoms. The molecule has 106 valence electrons. The van der Waals surface area contributed by atoms with E-state index in [1.807, 2.05) is 20.8 Å². The van der Waals surface area contributed by atoms with Crippen molar-refractivity contribution in [2.24, 2.45) is 5.41 Å². The Bertz CT molecular complexity index is 293. The first kappa shape index (κ1) is 15.3. The Kier molecular flexibility index (Phi) is 4.65. The molecule has 0 aromatic heterocycles. The predicted octanol–water partition coefficient (Wildman–Crippen LogP) is 2.63. The molecule has 0 radical (unpaired) electrons. The van der Waals surface area contributed by atoms with Gasteiger partial charge in [0.1, 0.15) is 5.60 Å². The number of likely N-dealkylation sites (N-methyl/N-ethyl adjacent to an activating group) is 1. The third-order valence-electron chi connectivity index (χ3n) is 3.69. The van der Waals surface area contributed by atoms with Crippen LogP contribution in [0.2, 0.25) is 0 Å². The molecule has 0 aliphatic heterocycles. The lowest BCUT2D eigenvalue weighted by molar-refractivity contribution is 0.0299. The molecule has 0 aromatic rings. The molecule has 1 aliphatic carbocycles. The first-order valence-corrected chi connectivity index (χ1v) is 6.81. The van der Waals surface area contributed by atoms with Gasteiger partial charge in [0.15, 0.2) is 0 Å². The Morgan fingerprint density at radius 1 is 1.44 bits per heavy atom. The monoisotopic (exact) mass is 256 g/mol. The summed E-state index contributed by atoms with van der Waals surface area (Å²) in [6, 6.07) is 0.518. The Morgan fingerprint density at radius 3 is 2.44 bits per heavy atom. The highest BCUT2D eigenvalue weighted by molar-refractivity contribution is 5.67. The van der Waals surface area contributed by atoms with E-state index in [2.05, 4.69) is 19.2 Å². The van der Waals surface area contributed by atoms with E-state index >= 15 is 0 Å². The van der Waals surface area contributed by atoms with Gasteiger partial charge in [0, 0.05) is 26.2 Å². The number of hydrogen-bond donors (Lipinski definition) is 1. The molecule has 0 bridgehead atoms. The normalized spacial score (nSPS) is 19.2. The van der Waals surface area contributed by atoms with E-state index in [9.17, 15) is 4.79 Å². The van der Waals surface area contributed by atoms with Gasteiger partial charge in [-0.25, -0.2) is 4.79 Å². The molecule has 1 rings (SSSR count). The molecule has 1 unspecified atom stereocenters. The van der Waals surface area contributed by atoms with E-state index in [-0.39, 0.29) is 6.09 Å². The van der Waals surface area contributed by atoms with Gasteiger partial charge in [-0.2, -0.15) is 0 Å². The van der Waals surface area contributed by atoms with E-state index in [4.69, 9.17) is 4.74 Å². The molecule has 1 N–H and O–H groups in total. The molecule has 1 aliphatic rings. The van der Waals surface area contributed by atoms with Crippen molar-refractivity contribution in [2.45, 2.75) is 59.1 Å². The zero-order valence-electron chi connectivity index (χ0n) is 12.7. The lowest BCUT2D eigenvalue weighted by Gasteiger charge is -2.26. The van der Waals surface area contributed by atoms with Crippen LogP contribution in [-0.2, 0) is 4.74 Å². The molecule has 0 saturated heterocycles. The van der Waals surface area contributed by atoms with Gasteiger partial charge in [0.05, 0.1) is 0 Å². The van der Waals surface area contributed by atoms with Gasteiger partial charge in [0.2, 0.25) is 0 Å². The van der Waals surface area contributed by atoms with Crippen molar-refractivity contribution in [1.82, 2.24) is 10.2 Å². The quantitative estimate of drug-likeness (QED) is 0.822. The van der Waals surface area contributed by atoms with Crippen LogP contribution in [0.1, 0.15) is 47.5 Å².